The quantitative estimate of drug-likeness (QED) is 0.610. The molecule has 1 heterocycles. The average Bonchev–Trinajstić information content (AvgIpc) is 2.26. The van der Waals surface area contributed by atoms with Crippen LogP contribution in [0, 0.1) is 0 Å². The molecular weight excluding hydrogens is 245 g/mol. The summed E-state index contributed by atoms with van der Waals surface area (Å²) in [5.41, 5.74) is -0.810. The Morgan fingerprint density at radius 1 is 1.26 bits per heavy atom. The second-order valence-corrected chi connectivity index (χ2v) is 5.97. The maximum absolute atomic E-state index is 12.2. The van der Waals surface area contributed by atoms with Crippen LogP contribution < -0.4 is 5.46 Å². The number of hydrogen-bond acceptors (Lipinski definition) is 5. The molecule has 0 fully saturated rings. The molecule has 0 unspecified atom stereocenters. The van der Waals surface area contributed by atoms with Crippen LogP contribution in [-0.4, -0.2) is 33.7 Å². The first-order valence-corrected chi connectivity index (χ1v) is 6.10. The van der Waals surface area contributed by atoms with Crippen LogP contribution in [-0.2, 0) is 14.9 Å². The average molecular weight is 265 g/mol. The van der Waals surface area contributed by atoms with Crippen molar-refractivity contribution in [1.29, 1.82) is 0 Å². The van der Waals surface area contributed by atoms with E-state index in [1.54, 1.807) is 34.6 Å². The fraction of sp³-hybridized carbons (Fsp3) is 0.538. The standard InChI is InChI=1S/C13H20BNO4/c1-12(2,3)19-11(16)13(4,5)10-8-9(14(17)18)6-7-15-10/h6-8,17-18H,1-5H3. The second-order valence-electron chi connectivity index (χ2n) is 5.97. The second kappa shape index (κ2) is 5.31. The highest BCUT2D eigenvalue weighted by Gasteiger charge is 2.36. The van der Waals surface area contributed by atoms with Gasteiger partial charge in [-0.1, -0.05) is 0 Å². The van der Waals surface area contributed by atoms with E-state index in [4.69, 9.17) is 14.8 Å². The molecular formula is C13H20BNO4. The first-order chi connectivity index (χ1) is 8.54. The molecule has 0 bridgehead atoms. The lowest BCUT2D eigenvalue weighted by atomic mass is 9.78. The van der Waals surface area contributed by atoms with E-state index in [1.165, 1.54) is 18.3 Å². The zero-order valence-electron chi connectivity index (χ0n) is 12.0. The summed E-state index contributed by atoms with van der Waals surface area (Å²) in [7, 11) is -1.59. The Morgan fingerprint density at radius 2 is 1.84 bits per heavy atom. The first-order valence-electron chi connectivity index (χ1n) is 6.10. The fourth-order valence-electron chi connectivity index (χ4n) is 1.46. The molecule has 0 aliphatic heterocycles. The number of aromatic nitrogens is 1. The molecule has 1 aromatic heterocycles. The van der Waals surface area contributed by atoms with Gasteiger partial charge in [0.05, 0.1) is 5.69 Å². The molecule has 0 spiro atoms. The molecule has 104 valence electrons. The molecule has 0 saturated carbocycles. The van der Waals surface area contributed by atoms with Crippen LogP contribution in [0.2, 0.25) is 0 Å². The molecule has 0 saturated heterocycles. The normalized spacial score (nSPS) is 12.2. The van der Waals surface area contributed by atoms with Crippen molar-refractivity contribution in [2.24, 2.45) is 0 Å². The molecule has 0 amide bonds. The van der Waals surface area contributed by atoms with E-state index >= 15 is 0 Å². The van der Waals surface area contributed by atoms with Gasteiger partial charge in [0, 0.05) is 6.20 Å². The Hall–Kier alpha value is -1.40. The van der Waals surface area contributed by atoms with Crippen LogP contribution in [0.1, 0.15) is 40.3 Å². The zero-order chi connectivity index (χ0) is 14.8. The minimum Gasteiger partial charge on any atom is -0.459 e. The summed E-state index contributed by atoms with van der Waals surface area (Å²) in [5, 5.41) is 18.3. The molecule has 0 aliphatic rings. The summed E-state index contributed by atoms with van der Waals surface area (Å²) in [6.45, 7) is 8.76. The van der Waals surface area contributed by atoms with E-state index in [2.05, 4.69) is 4.98 Å². The van der Waals surface area contributed by atoms with Crippen LogP contribution >= 0.6 is 0 Å². The van der Waals surface area contributed by atoms with Gasteiger partial charge in [0.1, 0.15) is 11.0 Å². The predicted molar refractivity (Wildman–Crippen MR) is 72.9 cm³/mol. The number of carbonyl (C=O) groups is 1. The minimum atomic E-state index is -1.59. The van der Waals surface area contributed by atoms with Gasteiger partial charge in [-0.3, -0.25) is 9.78 Å². The van der Waals surface area contributed by atoms with Gasteiger partial charge < -0.3 is 14.8 Å². The lowest BCUT2D eigenvalue weighted by Crippen LogP contribution is -2.39. The lowest BCUT2D eigenvalue weighted by molar-refractivity contribution is -0.161. The topological polar surface area (TPSA) is 79.7 Å². The molecule has 0 aromatic carbocycles. The van der Waals surface area contributed by atoms with Crippen LogP contribution in [0.25, 0.3) is 0 Å². The largest absolute Gasteiger partial charge is 0.488 e. The molecule has 1 aromatic rings. The number of carbonyl (C=O) groups excluding carboxylic acids is 1. The van der Waals surface area contributed by atoms with Gasteiger partial charge in [0.25, 0.3) is 0 Å². The smallest absolute Gasteiger partial charge is 0.459 e. The molecule has 5 nitrogen and oxygen atoms in total. The number of rotatable bonds is 3. The van der Waals surface area contributed by atoms with Crippen molar-refractivity contribution in [3.8, 4) is 0 Å². The molecule has 1 rings (SSSR count). The molecule has 0 aliphatic carbocycles. The van der Waals surface area contributed by atoms with Gasteiger partial charge in [-0.25, -0.2) is 0 Å². The molecule has 2 N–H and O–H groups in total. The van der Waals surface area contributed by atoms with Crippen LogP contribution in [0.15, 0.2) is 18.3 Å². The summed E-state index contributed by atoms with van der Waals surface area (Å²) in [6, 6.07) is 2.98. The fourth-order valence-corrected chi connectivity index (χ4v) is 1.46. The Morgan fingerprint density at radius 3 is 2.32 bits per heavy atom. The molecule has 0 atom stereocenters. The number of nitrogens with zero attached hydrogens (tertiary/aromatic N) is 1. The van der Waals surface area contributed by atoms with Crippen molar-refractivity contribution in [3.63, 3.8) is 0 Å². The summed E-state index contributed by atoms with van der Waals surface area (Å²) >= 11 is 0. The lowest BCUT2D eigenvalue weighted by Gasteiger charge is -2.28. The summed E-state index contributed by atoms with van der Waals surface area (Å²) in [4.78, 5) is 16.3. The highest BCUT2D eigenvalue weighted by atomic mass is 16.6. The molecule has 0 radical (unpaired) electrons. The SMILES string of the molecule is CC(C)(C)OC(=O)C(C)(C)c1cc(B(O)O)ccn1. The van der Waals surface area contributed by atoms with Crippen LogP contribution in [0.3, 0.4) is 0 Å². The van der Waals surface area contributed by atoms with E-state index in [0.29, 0.717) is 11.2 Å². The third kappa shape index (κ3) is 4.04. The van der Waals surface area contributed by atoms with E-state index in [9.17, 15) is 4.79 Å². The summed E-state index contributed by atoms with van der Waals surface area (Å²) < 4.78 is 5.35. The highest BCUT2D eigenvalue weighted by molar-refractivity contribution is 6.58. The number of ether oxygens (including phenoxy) is 1. The maximum Gasteiger partial charge on any atom is 0.488 e. The molecule has 19 heavy (non-hydrogen) atoms. The summed E-state index contributed by atoms with van der Waals surface area (Å²) in [5.74, 6) is -0.405. The minimum absolute atomic E-state index is 0.293. The van der Waals surface area contributed by atoms with Crippen LogP contribution in [0.4, 0.5) is 0 Å². The number of hydrogen-bond donors (Lipinski definition) is 2. The van der Waals surface area contributed by atoms with Gasteiger partial charge in [-0.15, -0.1) is 0 Å². The van der Waals surface area contributed by atoms with Crippen molar-refractivity contribution >= 4 is 18.6 Å². The van der Waals surface area contributed by atoms with Gasteiger partial charge in [-0.05, 0) is 52.2 Å². The third-order valence-electron chi connectivity index (χ3n) is 2.63. The first kappa shape index (κ1) is 15.7. The Kier molecular flexibility index (Phi) is 4.37. The maximum atomic E-state index is 12.2. The van der Waals surface area contributed by atoms with Crippen molar-refractivity contribution in [2.75, 3.05) is 0 Å². The third-order valence-corrected chi connectivity index (χ3v) is 2.63. The van der Waals surface area contributed by atoms with E-state index < -0.39 is 24.1 Å². The van der Waals surface area contributed by atoms with E-state index in [-0.39, 0.29) is 0 Å². The zero-order valence-corrected chi connectivity index (χ0v) is 12.0. The van der Waals surface area contributed by atoms with Gasteiger partial charge in [0.2, 0.25) is 0 Å². The van der Waals surface area contributed by atoms with Crippen molar-refractivity contribution in [3.05, 3.63) is 24.0 Å². The Labute approximate surface area is 113 Å². The van der Waals surface area contributed by atoms with Crippen molar-refractivity contribution < 1.29 is 19.6 Å². The Balaban J connectivity index is 3.05. The highest BCUT2D eigenvalue weighted by Crippen LogP contribution is 2.24. The van der Waals surface area contributed by atoms with E-state index in [0.717, 1.165) is 0 Å². The van der Waals surface area contributed by atoms with E-state index in [1.807, 2.05) is 0 Å². The van der Waals surface area contributed by atoms with Gasteiger partial charge in [-0.2, -0.15) is 0 Å². The predicted octanol–water partition coefficient (Wildman–Crippen LogP) is 0.381. The number of esters is 1. The van der Waals surface area contributed by atoms with Crippen molar-refractivity contribution in [2.45, 2.75) is 45.6 Å². The van der Waals surface area contributed by atoms with Crippen LogP contribution in [0.5, 0.6) is 0 Å². The molecule has 6 heteroatoms. The van der Waals surface area contributed by atoms with Crippen molar-refractivity contribution in [1.82, 2.24) is 4.98 Å². The monoisotopic (exact) mass is 265 g/mol. The number of pyridine rings is 1. The van der Waals surface area contributed by atoms with Gasteiger partial charge in [0.15, 0.2) is 0 Å². The Bertz CT molecular complexity index is 466. The summed E-state index contributed by atoms with van der Waals surface area (Å²) in [6.07, 6.45) is 1.44. The van der Waals surface area contributed by atoms with Gasteiger partial charge >= 0.3 is 13.1 Å².